The lowest BCUT2D eigenvalue weighted by Gasteiger charge is -2.13. The molecule has 0 atom stereocenters. The number of carbonyl (C=O) groups excluding carboxylic acids is 1. The number of nitrogens with one attached hydrogen (secondary N) is 1. The minimum atomic E-state index is -0.985. The summed E-state index contributed by atoms with van der Waals surface area (Å²) in [5, 5.41) is 11.6. The third-order valence-corrected chi connectivity index (χ3v) is 3.64. The van der Waals surface area contributed by atoms with Gasteiger partial charge < -0.3 is 10.4 Å². The Labute approximate surface area is 125 Å². The lowest BCUT2D eigenvalue weighted by Crippen LogP contribution is -2.28. The summed E-state index contributed by atoms with van der Waals surface area (Å²) in [5.74, 6) is -0.562. The summed E-state index contributed by atoms with van der Waals surface area (Å²) in [6.45, 7) is 6.78. The molecule has 0 spiro atoms. The normalized spacial score (nSPS) is 11.0. The van der Waals surface area contributed by atoms with Gasteiger partial charge >= 0.3 is 5.97 Å². The molecule has 1 aromatic rings. The first-order chi connectivity index (χ1) is 9.97. The van der Waals surface area contributed by atoms with E-state index in [4.69, 9.17) is 5.11 Å². The minimum Gasteiger partial charge on any atom is -0.478 e. The molecule has 4 heteroatoms. The highest BCUT2D eigenvalue weighted by atomic mass is 16.4. The third-order valence-electron chi connectivity index (χ3n) is 3.64. The van der Waals surface area contributed by atoms with Crippen molar-refractivity contribution >= 4 is 18.0 Å². The van der Waals surface area contributed by atoms with Crippen LogP contribution in [-0.4, -0.2) is 23.5 Å². The van der Waals surface area contributed by atoms with E-state index >= 15 is 0 Å². The molecule has 0 saturated heterocycles. The fourth-order valence-electron chi connectivity index (χ4n) is 2.08. The Morgan fingerprint density at radius 2 is 1.95 bits per heavy atom. The number of benzene rings is 1. The first-order valence-corrected chi connectivity index (χ1v) is 7.27. The van der Waals surface area contributed by atoms with Crippen molar-refractivity contribution in [2.24, 2.45) is 5.92 Å². The van der Waals surface area contributed by atoms with Crippen LogP contribution in [0.2, 0.25) is 0 Å². The second kappa shape index (κ2) is 8.25. The van der Waals surface area contributed by atoms with Crippen LogP contribution in [0.25, 0.3) is 6.08 Å². The van der Waals surface area contributed by atoms with Crippen molar-refractivity contribution in [3.05, 3.63) is 41.0 Å². The van der Waals surface area contributed by atoms with E-state index in [1.54, 1.807) is 18.2 Å². The van der Waals surface area contributed by atoms with Crippen LogP contribution in [0.3, 0.4) is 0 Å². The predicted molar refractivity (Wildman–Crippen MR) is 84.3 cm³/mol. The van der Waals surface area contributed by atoms with Gasteiger partial charge in [-0.2, -0.15) is 0 Å². The fourth-order valence-corrected chi connectivity index (χ4v) is 2.08. The first kappa shape index (κ1) is 17.0. The van der Waals surface area contributed by atoms with Crippen molar-refractivity contribution in [3.63, 3.8) is 0 Å². The Morgan fingerprint density at radius 3 is 2.48 bits per heavy atom. The maximum absolute atomic E-state index is 12.1. The van der Waals surface area contributed by atoms with Crippen molar-refractivity contribution < 1.29 is 14.7 Å². The Morgan fingerprint density at radius 1 is 1.29 bits per heavy atom. The van der Waals surface area contributed by atoms with Crippen LogP contribution < -0.4 is 5.32 Å². The molecule has 0 radical (unpaired) electrons. The monoisotopic (exact) mass is 289 g/mol. The second-order valence-corrected chi connectivity index (χ2v) is 5.14. The maximum Gasteiger partial charge on any atom is 0.328 e. The van der Waals surface area contributed by atoms with E-state index in [0.29, 0.717) is 18.0 Å². The van der Waals surface area contributed by atoms with Gasteiger partial charge in [0.1, 0.15) is 0 Å². The summed E-state index contributed by atoms with van der Waals surface area (Å²) in [5.41, 5.74) is 2.28. The van der Waals surface area contributed by atoms with Gasteiger partial charge in [0.2, 0.25) is 0 Å². The highest BCUT2D eigenvalue weighted by molar-refractivity contribution is 5.95. The van der Waals surface area contributed by atoms with Crippen LogP contribution >= 0.6 is 0 Å². The van der Waals surface area contributed by atoms with Gasteiger partial charge in [0.05, 0.1) is 0 Å². The van der Waals surface area contributed by atoms with E-state index in [9.17, 15) is 9.59 Å². The lowest BCUT2D eigenvalue weighted by atomic mass is 10.0. The number of aryl methyl sites for hydroxylation is 1. The zero-order chi connectivity index (χ0) is 15.8. The Kier molecular flexibility index (Phi) is 6.66. The van der Waals surface area contributed by atoms with Crippen LogP contribution in [0.5, 0.6) is 0 Å². The molecule has 2 N–H and O–H groups in total. The van der Waals surface area contributed by atoms with Crippen molar-refractivity contribution in [1.29, 1.82) is 0 Å². The van der Waals surface area contributed by atoms with Gasteiger partial charge in [-0.25, -0.2) is 4.79 Å². The molecule has 21 heavy (non-hydrogen) atoms. The molecule has 0 heterocycles. The van der Waals surface area contributed by atoms with Gasteiger partial charge in [-0.05, 0) is 42.2 Å². The molecule has 1 amide bonds. The Balaban J connectivity index is 2.74. The van der Waals surface area contributed by atoms with Gasteiger partial charge in [0.25, 0.3) is 5.91 Å². The largest absolute Gasteiger partial charge is 0.478 e. The summed E-state index contributed by atoms with van der Waals surface area (Å²) in [4.78, 5) is 22.6. The molecule has 0 aliphatic heterocycles. The average Bonchev–Trinajstić information content (AvgIpc) is 2.46. The standard InChI is InChI=1S/C17H23NO3/c1-4-13(5-2)11-18-17(21)15-7-6-14(12(3)10-15)8-9-16(19)20/h6-10,13H,4-5,11H2,1-3H3,(H,18,21)(H,19,20)/b9-8+. The molecule has 1 aromatic carbocycles. The van der Waals surface area contributed by atoms with Crippen molar-refractivity contribution in [1.82, 2.24) is 5.32 Å². The number of aliphatic carboxylic acids is 1. The van der Waals surface area contributed by atoms with Gasteiger partial charge in [0.15, 0.2) is 0 Å². The summed E-state index contributed by atoms with van der Waals surface area (Å²) in [7, 11) is 0. The number of amides is 1. The van der Waals surface area contributed by atoms with Crippen molar-refractivity contribution in [2.75, 3.05) is 6.54 Å². The number of hydrogen-bond donors (Lipinski definition) is 2. The number of carboxylic acids is 1. The summed E-state index contributed by atoms with van der Waals surface area (Å²) in [6.07, 6.45) is 4.72. The van der Waals surface area contributed by atoms with E-state index in [1.807, 2.05) is 6.92 Å². The van der Waals surface area contributed by atoms with Crippen molar-refractivity contribution in [2.45, 2.75) is 33.6 Å². The Bertz CT molecular complexity index is 531. The molecular weight excluding hydrogens is 266 g/mol. The van der Waals surface area contributed by atoms with Crippen LogP contribution in [0.4, 0.5) is 0 Å². The molecule has 0 unspecified atom stereocenters. The molecule has 0 aliphatic carbocycles. The van der Waals surface area contributed by atoms with E-state index in [0.717, 1.165) is 30.0 Å². The summed E-state index contributed by atoms with van der Waals surface area (Å²) >= 11 is 0. The smallest absolute Gasteiger partial charge is 0.328 e. The van der Waals surface area contributed by atoms with Gasteiger partial charge in [-0.1, -0.05) is 32.8 Å². The molecule has 1 rings (SSSR count). The molecule has 4 nitrogen and oxygen atoms in total. The van der Waals surface area contributed by atoms with Crippen LogP contribution in [0.1, 0.15) is 48.2 Å². The Hall–Kier alpha value is -2.10. The molecule has 0 aliphatic rings. The molecule has 0 fully saturated rings. The SMILES string of the molecule is CCC(CC)CNC(=O)c1ccc(/C=C/C(=O)O)c(C)c1. The van der Waals surface area contributed by atoms with Crippen LogP contribution in [-0.2, 0) is 4.79 Å². The first-order valence-electron chi connectivity index (χ1n) is 7.27. The molecule has 114 valence electrons. The quantitative estimate of drug-likeness (QED) is 0.757. The number of carboxylic acid groups (broad SMARTS) is 1. The summed E-state index contributed by atoms with van der Waals surface area (Å²) < 4.78 is 0. The van der Waals surface area contributed by atoms with E-state index in [-0.39, 0.29) is 5.91 Å². The number of hydrogen-bond acceptors (Lipinski definition) is 2. The van der Waals surface area contributed by atoms with Gasteiger partial charge in [0, 0.05) is 18.2 Å². The van der Waals surface area contributed by atoms with E-state index < -0.39 is 5.97 Å². The summed E-state index contributed by atoms with van der Waals surface area (Å²) in [6, 6.07) is 5.27. The predicted octanol–water partition coefficient (Wildman–Crippen LogP) is 3.26. The van der Waals surface area contributed by atoms with E-state index in [2.05, 4.69) is 19.2 Å². The fraction of sp³-hybridized carbons (Fsp3) is 0.412. The zero-order valence-electron chi connectivity index (χ0n) is 12.8. The highest BCUT2D eigenvalue weighted by Crippen LogP contribution is 2.13. The second-order valence-electron chi connectivity index (χ2n) is 5.14. The third kappa shape index (κ3) is 5.42. The highest BCUT2D eigenvalue weighted by Gasteiger charge is 2.09. The van der Waals surface area contributed by atoms with Gasteiger partial charge in [-0.15, -0.1) is 0 Å². The molecule has 0 aromatic heterocycles. The topological polar surface area (TPSA) is 66.4 Å². The number of rotatable bonds is 7. The molecular formula is C17H23NO3. The van der Waals surface area contributed by atoms with E-state index in [1.165, 1.54) is 6.08 Å². The molecule has 0 saturated carbocycles. The molecule has 0 bridgehead atoms. The number of carbonyl (C=O) groups is 2. The van der Waals surface area contributed by atoms with Gasteiger partial charge in [-0.3, -0.25) is 4.79 Å². The average molecular weight is 289 g/mol. The maximum atomic E-state index is 12.1. The minimum absolute atomic E-state index is 0.0845. The van der Waals surface area contributed by atoms with Crippen LogP contribution in [0.15, 0.2) is 24.3 Å². The van der Waals surface area contributed by atoms with Crippen molar-refractivity contribution in [3.8, 4) is 0 Å². The lowest BCUT2D eigenvalue weighted by molar-refractivity contribution is -0.131. The zero-order valence-corrected chi connectivity index (χ0v) is 12.8. The van der Waals surface area contributed by atoms with Crippen LogP contribution in [0, 0.1) is 12.8 Å².